The first-order valence-corrected chi connectivity index (χ1v) is 12.9. The predicted molar refractivity (Wildman–Crippen MR) is 130 cm³/mol. The van der Waals surface area contributed by atoms with E-state index in [-0.39, 0.29) is 32.1 Å². The van der Waals surface area contributed by atoms with Gasteiger partial charge in [0, 0.05) is 28.4 Å². The molecule has 0 fully saturated rings. The van der Waals surface area contributed by atoms with Crippen molar-refractivity contribution in [3.05, 3.63) is 59.1 Å². The highest BCUT2D eigenvalue weighted by molar-refractivity contribution is 7.86. The fourth-order valence-corrected chi connectivity index (χ4v) is 4.73. The largest absolute Gasteiger partial charge is 0.320 e. The Balaban J connectivity index is 2.01. The van der Waals surface area contributed by atoms with Crippen LogP contribution in [0, 0.1) is 6.92 Å². The number of benzene rings is 3. The number of rotatable bonds is 7. The van der Waals surface area contributed by atoms with Gasteiger partial charge < -0.3 is 5.32 Å². The summed E-state index contributed by atoms with van der Waals surface area (Å²) in [6.45, 7) is 2.61. The Labute approximate surface area is 205 Å². The second-order valence-electron chi connectivity index (χ2n) is 7.29. The van der Waals surface area contributed by atoms with E-state index in [1.807, 2.05) is 0 Å². The Morgan fingerprint density at radius 1 is 0.886 bits per heavy atom. The summed E-state index contributed by atoms with van der Waals surface area (Å²) in [5.74, 6) is -1.78. The molecule has 0 heterocycles. The molecule has 0 aromatic heterocycles. The van der Waals surface area contributed by atoms with E-state index in [2.05, 4.69) is 15.8 Å². The summed E-state index contributed by atoms with van der Waals surface area (Å²) < 4.78 is 65.6. The van der Waals surface area contributed by atoms with E-state index < -0.39 is 42.5 Å². The van der Waals surface area contributed by atoms with Crippen LogP contribution in [0.5, 0.6) is 0 Å². The molecule has 0 atom stereocenters. The smallest absolute Gasteiger partial charge is 0.296 e. The second kappa shape index (κ2) is 9.71. The van der Waals surface area contributed by atoms with Crippen LogP contribution in [-0.2, 0) is 29.8 Å². The zero-order valence-electron chi connectivity index (χ0n) is 18.1. The lowest BCUT2D eigenvalue weighted by Crippen LogP contribution is -2.29. The van der Waals surface area contributed by atoms with Crippen LogP contribution >= 0.6 is 11.6 Å². The van der Waals surface area contributed by atoms with Gasteiger partial charge in [-0.25, -0.2) is 0 Å². The summed E-state index contributed by atoms with van der Waals surface area (Å²) in [5, 5.41) is 6.61. The highest BCUT2D eigenvalue weighted by Gasteiger charge is 2.22. The first-order chi connectivity index (χ1) is 16.2. The van der Waals surface area contributed by atoms with E-state index in [1.54, 1.807) is 13.0 Å². The number of hydrogen-bond donors (Lipinski definition) is 4. The number of fused-ring (bicyclic) bond motifs is 1. The van der Waals surface area contributed by atoms with Crippen LogP contribution in [0.2, 0.25) is 5.02 Å². The summed E-state index contributed by atoms with van der Waals surface area (Å²) >= 11 is 5.92. The number of Topliss-reactive ketones (excluding diaryl/α,β-unsaturated/α-hetero) is 1. The number of nitrogens with one attached hydrogen (secondary N) is 2. The topological polar surface area (TPSA) is 179 Å². The molecule has 11 nitrogen and oxygen atoms in total. The van der Waals surface area contributed by atoms with Gasteiger partial charge in [-0.3, -0.25) is 24.1 Å². The number of hydrazone groups is 1. The minimum Gasteiger partial charge on any atom is -0.320 e. The van der Waals surface area contributed by atoms with Crippen molar-refractivity contribution >= 4 is 71.4 Å². The average Bonchev–Trinajstić information content (AvgIpc) is 2.74. The van der Waals surface area contributed by atoms with Gasteiger partial charge in [-0.2, -0.15) is 21.9 Å². The van der Waals surface area contributed by atoms with Crippen molar-refractivity contribution in [3.63, 3.8) is 0 Å². The van der Waals surface area contributed by atoms with Gasteiger partial charge in [-0.1, -0.05) is 35.9 Å². The summed E-state index contributed by atoms with van der Waals surface area (Å²) in [7, 11) is -9.27. The summed E-state index contributed by atoms with van der Waals surface area (Å²) in [6.07, 6.45) is 0. The van der Waals surface area contributed by atoms with Gasteiger partial charge in [0.2, 0.25) is 0 Å². The minimum atomic E-state index is -4.72. The first-order valence-electron chi connectivity index (χ1n) is 9.63. The third-order valence-corrected chi connectivity index (χ3v) is 7.00. The maximum Gasteiger partial charge on any atom is 0.296 e. The van der Waals surface area contributed by atoms with E-state index in [9.17, 15) is 35.5 Å². The van der Waals surface area contributed by atoms with E-state index in [0.717, 1.165) is 19.1 Å². The van der Waals surface area contributed by atoms with E-state index >= 15 is 0 Å². The predicted octanol–water partition coefficient (Wildman–Crippen LogP) is 3.29. The molecular formula is C21H18ClN3O8S2. The Hall–Kier alpha value is -3.36. The number of amides is 1. The third-order valence-electron chi connectivity index (χ3n) is 4.79. The molecule has 184 valence electrons. The lowest BCUT2D eigenvalue weighted by molar-refractivity contribution is -0.114. The van der Waals surface area contributed by atoms with Crippen LogP contribution in [0.1, 0.15) is 12.5 Å². The number of aryl methyl sites for hydroxylation is 1. The Morgan fingerprint density at radius 2 is 1.49 bits per heavy atom. The standard InChI is InChI=1S/C21H18ClN3O8S2/c1-11-9-17(19(10-15(11)22)35(31,32)33)24-25-20(12(2)26)21(27)23-16-7-8-18(34(28,29)30)14-6-4-3-5-13(14)16/h3-10,24H,1-2H3,(H,23,27)(H,28,29,30)(H,31,32,33). The molecule has 0 saturated heterocycles. The van der Waals surface area contributed by atoms with Crippen LogP contribution in [-0.4, -0.2) is 43.3 Å². The highest BCUT2D eigenvalue weighted by atomic mass is 35.5. The van der Waals surface area contributed by atoms with Crippen molar-refractivity contribution < 1.29 is 35.5 Å². The fourth-order valence-electron chi connectivity index (χ4n) is 3.16. The maximum absolute atomic E-state index is 12.8. The zero-order chi connectivity index (χ0) is 26.1. The molecule has 35 heavy (non-hydrogen) atoms. The highest BCUT2D eigenvalue weighted by Crippen LogP contribution is 2.30. The maximum atomic E-state index is 12.8. The van der Waals surface area contributed by atoms with Crippen LogP contribution < -0.4 is 10.7 Å². The molecule has 0 saturated carbocycles. The van der Waals surface area contributed by atoms with E-state index in [4.69, 9.17) is 11.6 Å². The van der Waals surface area contributed by atoms with E-state index in [1.165, 1.54) is 30.3 Å². The Morgan fingerprint density at radius 3 is 2.06 bits per heavy atom. The number of halogens is 1. The Bertz CT molecular complexity index is 1620. The van der Waals surface area contributed by atoms with E-state index in [0.29, 0.717) is 5.56 Å². The lowest BCUT2D eigenvalue weighted by atomic mass is 10.1. The van der Waals surface area contributed by atoms with Crippen LogP contribution in [0.4, 0.5) is 11.4 Å². The Kier molecular flexibility index (Phi) is 7.29. The zero-order valence-corrected chi connectivity index (χ0v) is 20.5. The molecule has 0 aliphatic heterocycles. The number of hydrogen-bond acceptors (Lipinski definition) is 8. The summed E-state index contributed by atoms with van der Waals surface area (Å²) in [6, 6.07) is 10.6. The number of anilines is 2. The number of nitrogens with zero attached hydrogens (tertiary/aromatic N) is 1. The van der Waals surface area contributed by atoms with Crippen molar-refractivity contribution in [2.24, 2.45) is 5.10 Å². The number of ketones is 1. The lowest BCUT2D eigenvalue weighted by Gasteiger charge is -2.12. The first kappa shape index (κ1) is 26.2. The molecule has 14 heteroatoms. The molecule has 4 N–H and O–H groups in total. The molecule has 0 bridgehead atoms. The monoisotopic (exact) mass is 539 g/mol. The van der Waals surface area contributed by atoms with Crippen molar-refractivity contribution in [1.29, 1.82) is 0 Å². The number of carbonyl (C=O) groups is 2. The molecule has 3 rings (SSSR count). The van der Waals surface area contributed by atoms with Crippen molar-refractivity contribution in [2.75, 3.05) is 10.7 Å². The van der Waals surface area contributed by atoms with Gasteiger partial charge in [-0.15, -0.1) is 0 Å². The molecule has 1 amide bonds. The van der Waals surface area contributed by atoms with Crippen molar-refractivity contribution in [3.8, 4) is 0 Å². The van der Waals surface area contributed by atoms with Crippen molar-refractivity contribution in [1.82, 2.24) is 0 Å². The SMILES string of the molecule is CC(=O)C(=NNc1cc(C)c(Cl)cc1S(=O)(=O)O)C(=O)Nc1ccc(S(=O)(=O)O)c2ccccc12. The van der Waals surface area contributed by atoms with Gasteiger partial charge >= 0.3 is 0 Å². The quantitative estimate of drug-likeness (QED) is 0.152. The molecule has 3 aromatic carbocycles. The molecule has 0 spiro atoms. The minimum absolute atomic E-state index is 0.0527. The van der Waals surface area contributed by atoms with Gasteiger partial charge in [-0.05, 0) is 36.8 Å². The van der Waals surface area contributed by atoms with Gasteiger partial charge in [0.1, 0.15) is 9.79 Å². The molecule has 0 unspecified atom stereocenters. The normalized spacial score (nSPS) is 12.4. The molecule has 0 radical (unpaired) electrons. The number of carbonyl (C=O) groups excluding carboxylic acids is 2. The second-order valence-corrected chi connectivity index (χ2v) is 10.5. The van der Waals surface area contributed by atoms with Crippen LogP contribution in [0.25, 0.3) is 10.8 Å². The van der Waals surface area contributed by atoms with Crippen molar-refractivity contribution in [2.45, 2.75) is 23.6 Å². The molecular weight excluding hydrogens is 522 g/mol. The average molecular weight is 540 g/mol. The molecule has 3 aromatic rings. The van der Waals surface area contributed by atoms with Gasteiger partial charge in [0.05, 0.1) is 5.69 Å². The van der Waals surface area contributed by atoms with Crippen LogP contribution in [0.15, 0.2) is 63.4 Å². The summed E-state index contributed by atoms with van der Waals surface area (Å²) in [4.78, 5) is 24.0. The van der Waals surface area contributed by atoms with Gasteiger partial charge in [0.15, 0.2) is 11.5 Å². The molecule has 0 aliphatic rings. The third kappa shape index (κ3) is 5.83. The van der Waals surface area contributed by atoms with Crippen LogP contribution in [0.3, 0.4) is 0 Å². The summed E-state index contributed by atoms with van der Waals surface area (Å²) in [5.41, 5.74) is 1.96. The fraction of sp³-hybridized carbons (Fsp3) is 0.0952. The molecule has 0 aliphatic carbocycles. The van der Waals surface area contributed by atoms with Gasteiger partial charge in [0.25, 0.3) is 26.1 Å².